The molecule has 4 heteroatoms. The molecule has 12 heavy (non-hydrogen) atoms. The SMILES string of the molecule is CN=C(N)SCc1ccccn1. The van der Waals surface area contributed by atoms with Crippen molar-refractivity contribution in [2.24, 2.45) is 10.7 Å². The molecule has 0 aliphatic carbocycles. The van der Waals surface area contributed by atoms with Gasteiger partial charge in [0, 0.05) is 19.0 Å². The summed E-state index contributed by atoms with van der Waals surface area (Å²) in [6.45, 7) is 0. The summed E-state index contributed by atoms with van der Waals surface area (Å²) in [5, 5.41) is 0.598. The van der Waals surface area contributed by atoms with Gasteiger partial charge in [-0.2, -0.15) is 0 Å². The van der Waals surface area contributed by atoms with E-state index in [9.17, 15) is 0 Å². The molecule has 0 saturated heterocycles. The van der Waals surface area contributed by atoms with Crippen molar-refractivity contribution in [3.8, 4) is 0 Å². The van der Waals surface area contributed by atoms with E-state index < -0.39 is 0 Å². The van der Waals surface area contributed by atoms with Crippen LogP contribution in [0, 0.1) is 0 Å². The highest BCUT2D eigenvalue weighted by Gasteiger charge is 1.95. The van der Waals surface area contributed by atoms with Gasteiger partial charge in [-0.1, -0.05) is 17.8 Å². The lowest BCUT2D eigenvalue weighted by Crippen LogP contribution is -2.06. The minimum atomic E-state index is 0.598. The lowest BCUT2D eigenvalue weighted by Gasteiger charge is -1.98. The summed E-state index contributed by atoms with van der Waals surface area (Å²) in [6.07, 6.45) is 1.77. The molecule has 0 bridgehead atoms. The number of aliphatic imine (C=N–C) groups is 1. The monoisotopic (exact) mass is 181 g/mol. The fourth-order valence-corrected chi connectivity index (χ4v) is 1.29. The first-order valence-corrected chi connectivity index (χ1v) is 4.56. The van der Waals surface area contributed by atoms with Crippen molar-refractivity contribution < 1.29 is 0 Å². The summed E-state index contributed by atoms with van der Waals surface area (Å²) in [7, 11) is 1.68. The summed E-state index contributed by atoms with van der Waals surface area (Å²) in [4.78, 5) is 7.99. The third-order valence-electron chi connectivity index (χ3n) is 1.31. The van der Waals surface area contributed by atoms with Gasteiger partial charge in [0.1, 0.15) is 0 Å². The molecule has 64 valence electrons. The second-order valence-corrected chi connectivity index (χ2v) is 3.17. The third kappa shape index (κ3) is 2.92. The molecular formula is C8H11N3S. The molecule has 1 aromatic heterocycles. The van der Waals surface area contributed by atoms with Crippen molar-refractivity contribution >= 4 is 16.9 Å². The van der Waals surface area contributed by atoms with Gasteiger partial charge in [-0.05, 0) is 12.1 Å². The van der Waals surface area contributed by atoms with Crippen molar-refractivity contribution in [2.75, 3.05) is 7.05 Å². The van der Waals surface area contributed by atoms with Crippen molar-refractivity contribution in [3.05, 3.63) is 30.1 Å². The zero-order valence-electron chi connectivity index (χ0n) is 6.90. The first kappa shape index (κ1) is 9.06. The van der Waals surface area contributed by atoms with Crippen LogP contribution in [0.5, 0.6) is 0 Å². The molecule has 2 N–H and O–H groups in total. The maximum absolute atomic E-state index is 5.51. The Morgan fingerprint density at radius 3 is 3.08 bits per heavy atom. The molecule has 0 unspecified atom stereocenters. The molecule has 1 aromatic rings. The van der Waals surface area contributed by atoms with Gasteiger partial charge in [0.05, 0.1) is 5.69 Å². The van der Waals surface area contributed by atoms with E-state index in [2.05, 4.69) is 9.98 Å². The maximum atomic E-state index is 5.51. The standard InChI is InChI=1S/C8H11N3S/c1-10-8(9)12-6-7-4-2-3-5-11-7/h2-5H,6H2,1H3,(H2,9,10). The Hall–Kier alpha value is -1.03. The van der Waals surface area contributed by atoms with Crippen molar-refractivity contribution in [3.63, 3.8) is 0 Å². The average molecular weight is 181 g/mol. The van der Waals surface area contributed by atoms with Crippen LogP contribution in [0.3, 0.4) is 0 Å². The van der Waals surface area contributed by atoms with Gasteiger partial charge in [-0.15, -0.1) is 0 Å². The van der Waals surface area contributed by atoms with E-state index in [0.29, 0.717) is 5.17 Å². The minimum absolute atomic E-state index is 0.598. The highest BCUT2D eigenvalue weighted by Crippen LogP contribution is 2.08. The molecular weight excluding hydrogens is 170 g/mol. The van der Waals surface area contributed by atoms with E-state index in [0.717, 1.165) is 11.4 Å². The number of hydrogen-bond acceptors (Lipinski definition) is 3. The number of hydrogen-bond donors (Lipinski definition) is 1. The van der Waals surface area contributed by atoms with Gasteiger partial charge in [0.25, 0.3) is 0 Å². The Kier molecular flexibility index (Phi) is 3.60. The van der Waals surface area contributed by atoms with Gasteiger partial charge >= 0.3 is 0 Å². The van der Waals surface area contributed by atoms with Crippen LogP contribution >= 0.6 is 11.8 Å². The van der Waals surface area contributed by atoms with E-state index in [-0.39, 0.29) is 0 Å². The van der Waals surface area contributed by atoms with Crippen LogP contribution in [0.1, 0.15) is 5.69 Å². The van der Waals surface area contributed by atoms with E-state index >= 15 is 0 Å². The Morgan fingerprint density at radius 2 is 2.50 bits per heavy atom. The highest BCUT2D eigenvalue weighted by atomic mass is 32.2. The Morgan fingerprint density at radius 1 is 1.67 bits per heavy atom. The molecule has 0 fully saturated rings. The Labute approximate surface area is 76.1 Å². The number of aromatic nitrogens is 1. The first-order chi connectivity index (χ1) is 5.83. The molecule has 0 spiro atoms. The van der Waals surface area contributed by atoms with Crippen molar-refractivity contribution in [1.29, 1.82) is 0 Å². The molecule has 0 radical (unpaired) electrons. The van der Waals surface area contributed by atoms with Crippen LogP contribution in [0.25, 0.3) is 0 Å². The first-order valence-electron chi connectivity index (χ1n) is 3.58. The summed E-state index contributed by atoms with van der Waals surface area (Å²) in [5.41, 5.74) is 6.53. The molecule has 0 amide bonds. The average Bonchev–Trinajstić information content (AvgIpc) is 2.16. The van der Waals surface area contributed by atoms with Gasteiger partial charge in [-0.25, -0.2) is 0 Å². The Bertz CT molecular complexity index is 258. The quantitative estimate of drug-likeness (QED) is 0.552. The molecule has 0 atom stereocenters. The zero-order chi connectivity index (χ0) is 8.81. The van der Waals surface area contributed by atoms with E-state index in [1.807, 2.05) is 18.2 Å². The van der Waals surface area contributed by atoms with Gasteiger partial charge in [0.15, 0.2) is 5.17 Å². The number of amidine groups is 1. The largest absolute Gasteiger partial charge is 0.379 e. The maximum Gasteiger partial charge on any atom is 0.154 e. The Balaban J connectivity index is 2.44. The summed E-state index contributed by atoms with van der Waals surface area (Å²) in [5.74, 6) is 0.782. The lowest BCUT2D eigenvalue weighted by atomic mass is 10.4. The van der Waals surface area contributed by atoms with Crippen LogP contribution < -0.4 is 5.73 Å². The van der Waals surface area contributed by atoms with Crippen LogP contribution in [0.4, 0.5) is 0 Å². The second kappa shape index (κ2) is 4.77. The van der Waals surface area contributed by atoms with Crippen molar-refractivity contribution in [2.45, 2.75) is 5.75 Å². The minimum Gasteiger partial charge on any atom is -0.379 e. The number of nitrogens with two attached hydrogens (primary N) is 1. The fraction of sp³-hybridized carbons (Fsp3) is 0.250. The summed E-state index contributed by atoms with van der Waals surface area (Å²) in [6, 6.07) is 5.82. The van der Waals surface area contributed by atoms with E-state index in [1.165, 1.54) is 11.8 Å². The fourth-order valence-electron chi connectivity index (χ4n) is 0.696. The van der Waals surface area contributed by atoms with E-state index in [4.69, 9.17) is 5.73 Å². The van der Waals surface area contributed by atoms with Crippen molar-refractivity contribution in [1.82, 2.24) is 4.98 Å². The predicted molar refractivity (Wildman–Crippen MR) is 53.1 cm³/mol. The number of thioether (sulfide) groups is 1. The highest BCUT2D eigenvalue weighted by molar-refractivity contribution is 8.13. The van der Waals surface area contributed by atoms with Gasteiger partial charge < -0.3 is 5.73 Å². The molecule has 0 saturated carbocycles. The van der Waals surface area contributed by atoms with Crippen LogP contribution in [0.2, 0.25) is 0 Å². The van der Waals surface area contributed by atoms with E-state index in [1.54, 1.807) is 13.2 Å². The second-order valence-electron chi connectivity index (χ2n) is 2.17. The van der Waals surface area contributed by atoms with Gasteiger partial charge in [0.2, 0.25) is 0 Å². The predicted octanol–water partition coefficient (Wildman–Crippen LogP) is 1.26. The topological polar surface area (TPSA) is 51.3 Å². The molecule has 0 aliphatic rings. The number of nitrogens with zero attached hydrogens (tertiary/aromatic N) is 2. The molecule has 0 aliphatic heterocycles. The number of pyridine rings is 1. The normalized spacial score (nSPS) is 11.6. The number of rotatable bonds is 2. The molecule has 1 rings (SSSR count). The zero-order valence-corrected chi connectivity index (χ0v) is 7.71. The summed E-state index contributed by atoms with van der Waals surface area (Å²) >= 11 is 1.49. The van der Waals surface area contributed by atoms with Crippen LogP contribution in [-0.2, 0) is 5.75 Å². The molecule has 1 heterocycles. The third-order valence-corrected chi connectivity index (χ3v) is 2.23. The summed E-state index contributed by atoms with van der Waals surface area (Å²) < 4.78 is 0. The van der Waals surface area contributed by atoms with Crippen LogP contribution in [0.15, 0.2) is 29.4 Å². The molecule has 0 aromatic carbocycles. The van der Waals surface area contributed by atoms with Crippen LogP contribution in [-0.4, -0.2) is 17.2 Å². The smallest absolute Gasteiger partial charge is 0.154 e. The molecule has 3 nitrogen and oxygen atoms in total. The van der Waals surface area contributed by atoms with Gasteiger partial charge in [-0.3, -0.25) is 9.98 Å². The lowest BCUT2D eigenvalue weighted by molar-refractivity contribution is 1.18.